The van der Waals surface area contributed by atoms with Gasteiger partial charge < -0.3 is 25.5 Å². The summed E-state index contributed by atoms with van der Waals surface area (Å²) in [6.45, 7) is 4.50. The number of hydrogen-bond donors (Lipinski definition) is 3. The largest absolute Gasteiger partial charge is 0.390 e. The Balaban J connectivity index is 1.10. The minimum absolute atomic E-state index is 0.111. The smallest absolute Gasteiger partial charge is 0.270 e. The zero-order valence-electron chi connectivity index (χ0n) is 21.6. The Bertz CT molecular complexity index is 1170. The van der Waals surface area contributed by atoms with E-state index in [1.165, 1.54) is 0 Å². The normalized spacial score (nSPS) is 32.4. The zero-order chi connectivity index (χ0) is 25.7. The van der Waals surface area contributed by atoms with E-state index in [1.807, 2.05) is 18.2 Å². The number of carbonyl (C=O) groups is 2. The number of hydrogen-bond acceptors (Lipinski definition) is 7. The van der Waals surface area contributed by atoms with Crippen molar-refractivity contribution in [2.75, 3.05) is 36.5 Å². The van der Waals surface area contributed by atoms with Crippen molar-refractivity contribution < 1.29 is 14.7 Å². The number of piperazine rings is 1. The SMILES string of the molecule is CNC(=O)c1ccc(N2CCN(c3cccc(C(=O)NC4C5CC6CC4CC(O)(C6)C5)n3)C(C)C2)cn1. The van der Waals surface area contributed by atoms with Gasteiger partial charge in [-0.3, -0.25) is 9.59 Å². The van der Waals surface area contributed by atoms with E-state index < -0.39 is 5.60 Å². The molecule has 4 bridgehead atoms. The van der Waals surface area contributed by atoms with Gasteiger partial charge in [0, 0.05) is 38.8 Å². The Kier molecular flexibility index (Phi) is 6.06. The standard InChI is InChI=1S/C28H36N6O3/c1-17-16-33(21-6-7-22(30-15-21)26(35)29-2)8-9-34(17)24-5-3-4-23(31-24)27(36)32-25-19-10-18-11-20(25)14-28(37,12-18)13-19/h3-7,15,17-20,25,37H,8-14,16H2,1-2H3,(H,29,35)(H,32,36). The fraction of sp³-hybridized carbons (Fsp3) is 0.571. The van der Waals surface area contributed by atoms with Gasteiger partial charge in [0.15, 0.2) is 0 Å². The summed E-state index contributed by atoms with van der Waals surface area (Å²) in [6.07, 6.45) is 6.53. The van der Waals surface area contributed by atoms with Crippen molar-refractivity contribution >= 4 is 23.3 Å². The molecule has 1 aliphatic heterocycles. The molecule has 3 unspecified atom stereocenters. The molecule has 0 aromatic carbocycles. The summed E-state index contributed by atoms with van der Waals surface area (Å²) in [7, 11) is 1.60. The monoisotopic (exact) mass is 504 g/mol. The third-order valence-electron chi connectivity index (χ3n) is 9.00. The number of anilines is 2. The molecule has 9 nitrogen and oxygen atoms in total. The third-order valence-corrected chi connectivity index (χ3v) is 9.00. The summed E-state index contributed by atoms with van der Waals surface area (Å²) in [5.41, 5.74) is 1.34. The van der Waals surface area contributed by atoms with Gasteiger partial charge in [0.2, 0.25) is 0 Å². The summed E-state index contributed by atoms with van der Waals surface area (Å²) in [4.78, 5) is 38.6. The fourth-order valence-corrected chi connectivity index (χ4v) is 7.52. The molecule has 2 amide bonds. The molecule has 5 fully saturated rings. The first kappa shape index (κ1) is 24.2. The lowest BCUT2D eigenvalue weighted by atomic mass is 9.52. The Hall–Kier alpha value is -3.20. The summed E-state index contributed by atoms with van der Waals surface area (Å²) in [6, 6.07) is 9.69. The van der Waals surface area contributed by atoms with Gasteiger partial charge in [-0.1, -0.05) is 6.07 Å². The van der Waals surface area contributed by atoms with Crippen molar-refractivity contribution in [3.63, 3.8) is 0 Å². The summed E-state index contributed by atoms with van der Waals surface area (Å²) in [5.74, 6) is 1.86. The number of carbonyl (C=O) groups excluding carboxylic acids is 2. The number of amides is 2. The molecule has 0 radical (unpaired) electrons. The van der Waals surface area contributed by atoms with Gasteiger partial charge in [-0.05, 0) is 81.0 Å². The lowest BCUT2D eigenvalue weighted by Gasteiger charge is -2.58. The molecule has 3 N–H and O–H groups in total. The van der Waals surface area contributed by atoms with E-state index in [-0.39, 0.29) is 23.9 Å². The van der Waals surface area contributed by atoms with E-state index in [4.69, 9.17) is 4.98 Å². The first-order valence-corrected chi connectivity index (χ1v) is 13.5. The van der Waals surface area contributed by atoms with Crippen molar-refractivity contribution in [1.29, 1.82) is 0 Å². The summed E-state index contributed by atoms with van der Waals surface area (Å²) >= 11 is 0. The molecular weight excluding hydrogens is 468 g/mol. The van der Waals surface area contributed by atoms with E-state index in [0.29, 0.717) is 29.1 Å². The van der Waals surface area contributed by atoms with E-state index in [2.05, 4.69) is 32.3 Å². The van der Waals surface area contributed by atoms with Crippen LogP contribution in [0.15, 0.2) is 36.5 Å². The van der Waals surface area contributed by atoms with Crippen LogP contribution in [0.1, 0.15) is 60.0 Å². The molecule has 4 saturated carbocycles. The van der Waals surface area contributed by atoms with Crippen LogP contribution >= 0.6 is 0 Å². The first-order chi connectivity index (χ1) is 17.8. The molecule has 3 heterocycles. The van der Waals surface area contributed by atoms with Crippen molar-refractivity contribution in [2.45, 2.75) is 56.7 Å². The summed E-state index contributed by atoms with van der Waals surface area (Å²) in [5, 5.41) is 16.8. The van der Waals surface area contributed by atoms with Crippen molar-refractivity contribution in [3.8, 4) is 0 Å². The van der Waals surface area contributed by atoms with Gasteiger partial charge in [0.25, 0.3) is 11.8 Å². The highest BCUT2D eigenvalue weighted by Gasteiger charge is 2.55. The number of rotatable bonds is 5. The maximum absolute atomic E-state index is 13.3. The molecule has 9 heteroatoms. The van der Waals surface area contributed by atoms with Crippen LogP contribution in [-0.4, -0.2) is 71.3 Å². The van der Waals surface area contributed by atoms with E-state index in [9.17, 15) is 14.7 Å². The Morgan fingerprint density at radius 1 is 1.03 bits per heavy atom. The van der Waals surface area contributed by atoms with Crippen LogP contribution in [0, 0.1) is 17.8 Å². The molecular formula is C28H36N6O3. The predicted octanol–water partition coefficient (Wildman–Crippen LogP) is 2.22. The van der Waals surface area contributed by atoms with Crippen molar-refractivity contribution in [3.05, 3.63) is 47.9 Å². The molecule has 1 saturated heterocycles. The molecule has 7 rings (SSSR count). The highest BCUT2D eigenvalue weighted by atomic mass is 16.3. The first-order valence-electron chi connectivity index (χ1n) is 13.5. The number of nitrogens with zero attached hydrogens (tertiary/aromatic N) is 4. The molecule has 2 aromatic rings. The Labute approximate surface area is 217 Å². The number of nitrogens with one attached hydrogen (secondary N) is 2. The van der Waals surface area contributed by atoms with Gasteiger partial charge in [0.05, 0.1) is 17.5 Å². The van der Waals surface area contributed by atoms with Gasteiger partial charge in [0.1, 0.15) is 17.2 Å². The molecule has 2 aromatic heterocycles. The van der Waals surface area contributed by atoms with Gasteiger partial charge in [-0.15, -0.1) is 0 Å². The maximum Gasteiger partial charge on any atom is 0.270 e. The minimum Gasteiger partial charge on any atom is -0.390 e. The number of aromatic nitrogens is 2. The number of pyridine rings is 2. The lowest BCUT2D eigenvalue weighted by molar-refractivity contribution is -0.136. The fourth-order valence-electron chi connectivity index (χ4n) is 7.52. The quantitative estimate of drug-likeness (QED) is 0.573. The molecule has 0 spiro atoms. The topological polar surface area (TPSA) is 111 Å². The Morgan fingerprint density at radius 2 is 1.81 bits per heavy atom. The second kappa shape index (κ2) is 9.28. The van der Waals surface area contributed by atoms with Crippen LogP contribution in [0.25, 0.3) is 0 Å². The average Bonchev–Trinajstić information content (AvgIpc) is 2.89. The van der Waals surface area contributed by atoms with Crippen molar-refractivity contribution in [2.24, 2.45) is 17.8 Å². The average molecular weight is 505 g/mol. The third kappa shape index (κ3) is 4.54. The maximum atomic E-state index is 13.3. The number of aliphatic hydroxyl groups is 1. The molecule has 5 aliphatic rings. The van der Waals surface area contributed by atoms with Crippen LogP contribution in [0.2, 0.25) is 0 Å². The minimum atomic E-state index is -0.504. The van der Waals surface area contributed by atoms with Gasteiger partial charge >= 0.3 is 0 Å². The van der Waals surface area contributed by atoms with Crippen molar-refractivity contribution in [1.82, 2.24) is 20.6 Å². The van der Waals surface area contributed by atoms with Crippen LogP contribution in [0.4, 0.5) is 11.5 Å². The predicted molar refractivity (Wildman–Crippen MR) is 141 cm³/mol. The second-order valence-corrected chi connectivity index (χ2v) is 11.5. The summed E-state index contributed by atoms with van der Waals surface area (Å²) < 4.78 is 0. The lowest BCUT2D eigenvalue weighted by Crippen LogP contribution is -2.61. The van der Waals surface area contributed by atoms with Crippen LogP contribution in [0.5, 0.6) is 0 Å². The highest BCUT2D eigenvalue weighted by molar-refractivity contribution is 5.93. The Morgan fingerprint density at radius 3 is 2.46 bits per heavy atom. The molecule has 4 aliphatic carbocycles. The van der Waals surface area contributed by atoms with Gasteiger partial charge in [-0.2, -0.15) is 0 Å². The van der Waals surface area contributed by atoms with Crippen LogP contribution in [-0.2, 0) is 0 Å². The van der Waals surface area contributed by atoms with E-state index in [0.717, 1.165) is 63.2 Å². The second-order valence-electron chi connectivity index (χ2n) is 11.5. The highest BCUT2D eigenvalue weighted by Crippen LogP contribution is 2.55. The van der Waals surface area contributed by atoms with E-state index in [1.54, 1.807) is 25.4 Å². The van der Waals surface area contributed by atoms with Crippen LogP contribution in [0.3, 0.4) is 0 Å². The van der Waals surface area contributed by atoms with E-state index >= 15 is 0 Å². The molecule has 196 valence electrons. The van der Waals surface area contributed by atoms with Gasteiger partial charge in [-0.25, -0.2) is 9.97 Å². The van der Waals surface area contributed by atoms with Crippen LogP contribution < -0.4 is 20.4 Å². The zero-order valence-corrected chi connectivity index (χ0v) is 21.6. The molecule has 3 atom stereocenters. The molecule has 37 heavy (non-hydrogen) atoms.